The van der Waals surface area contributed by atoms with Crippen LogP contribution >= 0.6 is 0 Å². The van der Waals surface area contributed by atoms with Gasteiger partial charge in [-0.15, -0.1) is 10.2 Å². The maximum Gasteiger partial charge on any atom is 0.319 e. The summed E-state index contributed by atoms with van der Waals surface area (Å²) in [4.78, 5) is 12.2. The number of fused-ring (bicyclic) bond motifs is 1. The number of carbonyl (C=O) groups is 1. The first-order chi connectivity index (χ1) is 12.2. The van der Waals surface area contributed by atoms with Crippen LogP contribution in [-0.4, -0.2) is 38.0 Å². The van der Waals surface area contributed by atoms with Crippen molar-refractivity contribution < 1.29 is 9.90 Å². The molecule has 1 saturated carbocycles. The quantitative estimate of drug-likeness (QED) is 0.799. The second-order valence-electron chi connectivity index (χ2n) is 6.88. The molecule has 0 unspecified atom stereocenters. The van der Waals surface area contributed by atoms with E-state index in [2.05, 4.69) is 25.4 Å². The molecule has 2 aromatic rings. The van der Waals surface area contributed by atoms with Crippen molar-refractivity contribution in [3.63, 3.8) is 0 Å². The number of aliphatic hydroxyl groups excluding tert-OH is 1. The fourth-order valence-corrected chi connectivity index (χ4v) is 3.67. The number of aromatic nitrogens is 3. The summed E-state index contributed by atoms with van der Waals surface area (Å²) in [5.41, 5.74) is 1.69. The highest BCUT2D eigenvalue weighted by molar-refractivity contribution is 5.90. The van der Waals surface area contributed by atoms with Crippen LogP contribution in [0.2, 0.25) is 0 Å². The Balaban J connectivity index is 1.42. The van der Waals surface area contributed by atoms with Gasteiger partial charge in [0.1, 0.15) is 5.82 Å². The molecule has 0 spiro atoms. The van der Waals surface area contributed by atoms with Crippen molar-refractivity contribution >= 4 is 11.7 Å². The zero-order valence-electron chi connectivity index (χ0n) is 14.1. The van der Waals surface area contributed by atoms with Crippen LogP contribution in [0.25, 0.3) is 11.4 Å². The second-order valence-corrected chi connectivity index (χ2v) is 6.88. The molecular formula is C18H23N5O2. The number of nitrogens with one attached hydrogen (secondary N) is 2. The van der Waals surface area contributed by atoms with Crippen LogP contribution in [0.1, 0.15) is 37.9 Å². The first-order valence-electron chi connectivity index (χ1n) is 8.97. The van der Waals surface area contributed by atoms with Crippen LogP contribution < -0.4 is 10.6 Å². The van der Waals surface area contributed by atoms with Gasteiger partial charge >= 0.3 is 6.03 Å². The molecule has 25 heavy (non-hydrogen) atoms. The largest absolute Gasteiger partial charge is 0.393 e. The molecule has 1 aromatic carbocycles. The summed E-state index contributed by atoms with van der Waals surface area (Å²) in [6.45, 7) is 0.948. The molecule has 1 aliphatic heterocycles. The van der Waals surface area contributed by atoms with E-state index in [9.17, 15) is 9.90 Å². The molecular weight excluding hydrogens is 318 g/mol. The normalized spacial score (nSPS) is 22.4. The SMILES string of the molecule is O=C(Nc1cccc(-c2nnc3n2CCC3)c1)NC1CCC(O)CC1. The first kappa shape index (κ1) is 16.1. The average Bonchev–Trinajstić information content (AvgIpc) is 3.20. The molecule has 0 saturated heterocycles. The van der Waals surface area contributed by atoms with E-state index >= 15 is 0 Å². The van der Waals surface area contributed by atoms with Gasteiger partial charge in [-0.25, -0.2) is 4.79 Å². The minimum Gasteiger partial charge on any atom is -0.393 e. The standard InChI is InChI=1S/C18H23N5O2/c24-15-8-6-13(7-9-15)19-18(25)20-14-4-1-3-12(11-14)17-22-21-16-5-2-10-23(16)17/h1,3-4,11,13,15,24H,2,5-10H2,(H2,19,20,25). The van der Waals surface area contributed by atoms with Crippen molar-refractivity contribution in [2.75, 3.05) is 5.32 Å². The highest BCUT2D eigenvalue weighted by atomic mass is 16.3. The molecule has 3 N–H and O–H groups in total. The van der Waals surface area contributed by atoms with Crippen molar-refractivity contribution in [2.45, 2.75) is 57.2 Å². The molecule has 0 atom stereocenters. The van der Waals surface area contributed by atoms with Crippen molar-refractivity contribution in [1.29, 1.82) is 0 Å². The molecule has 1 aromatic heterocycles. The van der Waals surface area contributed by atoms with E-state index in [0.29, 0.717) is 0 Å². The topological polar surface area (TPSA) is 92.1 Å². The number of aliphatic hydroxyl groups is 1. The third-order valence-electron chi connectivity index (χ3n) is 5.02. The van der Waals surface area contributed by atoms with E-state index in [4.69, 9.17) is 0 Å². The predicted octanol–water partition coefficient (Wildman–Crippen LogP) is 2.32. The number of nitrogens with zero attached hydrogens (tertiary/aromatic N) is 3. The van der Waals surface area contributed by atoms with E-state index in [1.165, 1.54) is 0 Å². The van der Waals surface area contributed by atoms with Crippen LogP contribution in [0.4, 0.5) is 10.5 Å². The van der Waals surface area contributed by atoms with Gasteiger partial charge in [-0.2, -0.15) is 0 Å². The third kappa shape index (κ3) is 3.51. The lowest BCUT2D eigenvalue weighted by Gasteiger charge is -2.26. The minimum atomic E-state index is -0.220. The van der Waals surface area contributed by atoms with Crippen LogP contribution in [0.3, 0.4) is 0 Å². The lowest BCUT2D eigenvalue weighted by atomic mass is 9.93. The first-order valence-corrected chi connectivity index (χ1v) is 8.97. The molecule has 4 rings (SSSR count). The molecule has 0 radical (unpaired) electrons. The number of amides is 2. The lowest BCUT2D eigenvalue weighted by Crippen LogP contribution is -2.40. The summed E-state index contributed by atoms with van der Waals surface area (Å²) < 4.78 is 2.15. The van der Waals surface area contributed by atoms with Crippen molar-refractivity contribution in [3.05, 3.63) is 30.1 Å². The Labute approximate surface area is 146 Å². The number of hydrogen-bond donors (Lipinski definition) is 3. The molecule has 7 nitrogen and oxygen atoms in total. The van der Waals surface area contributed by atoms with E-state index in [1.807, 2.05) is 24.3 Å². The molecule has 2 heterocycles. The Hall–Kier alpha value is -2.41. The Morgan fingerprint density at radius 3 is 2.88 bits per heavy atom. The monoisotopic (exact) mass is 341 g/mol. The summed E-state index contributed by atoms with van der Waals surface area (Å²) in [6, 6.07) is 7.63. The van der Waals surface area contributed by atoms with E-state index in [-0.39, 0.29) is 18.2 Å². The summed E-state index contributed by atoms with van der Waals surface area (Å²) >= 11 is 0. The molecule has 2 aliphatic rings. The molecule has 1 fully saturated rings. The zero-order valence-corrected chi connectivity index (χ0v) is 14.1. The minimum absolute atomic E-state index is 0.131. The maximum atomic E-state index is 12.2. The van der Waals surface area contributed by atoms with Gasteiger partial charge < -0.3 is 20.3 Å². The van der Waals surface area contributed by atoms with Gasteiger partial charge in [-0.05, 0) is 44.2 Å². The van der Waals surface area contributed by atoms with Crippen molar-refractivity contribution in [1.82, 2.24) is 20.1 Å². The second kappa shape index (κ2) is 6.84. The zero-order chi connectivity index (χ0) is 17.2. The summed E-state index contributed by atoms with van der Waals surface area (Å²) in [5.74, 6) is 1.89. The number of aryl methyl sites for hydroxylation is 1. The van der Waals surface area contributed by atoms with Gasteiger partial charge in [0, 0.05) is 30.3 Å². The van der Waals surface area contributed by atoms with Gasteiger partial charge in [0.2, 0.25) is 0 Å². The number of anilines is 1. The van der Waals surface area contributed by atoms with E-state index < -0.39 is 0 Å². The van der Waals surface area contributed by atoms with Crippen LogP contribution in [0.15, 0.2) is 24.3 Å². The number of hydrogen-bond acceptors (Lipinski definition) is 4. The van der Waals surface area contributed by atoms with Crippen LogP contribution in [0, 0.1) is 0 Å². The predicted molar refractivity (Wildman–Crippen MR) is 94.2 cm³/mol. The highest BCUT2D eigenvalue weighted by Crippen LogP contribution is 2.25. The highest BCUT2D eigenvalue weighted by Gasteiger charge is 2.21. The molecule has 132 valence electrons. The smallest absolute Gasteiger partial charge is 0.319 e. The van der Waals surface area contributed by atoms with Crippen LogP contribution in [0.5, 0.6) is 0 Å². The fraction of sp³-hybridized carbons (Fsp3) is 0.500. The molecule has 2 amide bonds. The Kier molecular flexibility index (Phi) is 4.40. The average molecular weight is 341 g/mol. The number of rotatable bonds is 3. The Bertz CT molecular complexity index is 765. The Morgan fingerprint density at radius 1 is 1.20 bits per heavy atom. The van der Waals surface area contributed by atoms with Crippen molar-refractivity contribution in [3.8, 4) is 11.4 Å². The van der Waals surface area contributed by atoms with E-state index in [0.717, 1.165) is 68.0 Å². The Morgan fingerprint density at radius 2 is 2.04 bits per heavy atom. The van der Waals surface area contributed by atoms with Crippen LogP contribution in [-0.2, 0) is 13.0 Å². The summed E-state index contributed by atoms with van der Waals surface area (Å²) in [7, 11) is 0. The number of benzene rings is 1. The summed E-state index contributed by atoms with van der Waals surface area (Å²) in [6.07, 6.45) is 5.00. The van der Waals surface area contributed by atoms with Crippen molar-refractivity contribution in [2.24, 2.45) is 0 Å². The number of urea groups is 1. The third-order valence-corrected chi connectivity index (χ3v) is 5.02. The molecule has 7 heteroatoms. The molecule has 0 bridgehead atoms. The van der Waals surface area contributed by atoms with Gasteiger partial charge in [0.05, 0.1) is 6.10 Å². The fourth-order valence-electron chi connectivity index (χ4n) is 3.67. The number of carbonyl (C=O) groups excluding carboxylic acids is 1. The van der Waals surface area contributed by atoms with Gasteiger partial charge in [0.25, 0.3) is 0 Å². The summed E-state index contributed by atoms with van der Waals surface area (Å²) in [5, 5.41) is 24.0. The maximum absolute atomic E-state index is 12.2. The van der Waals surface area contributed by atoms with Gasteiger partial charge in [-0.1, -0.05) is 12.1 Å². The van der Waals surface area contributed by atoms with Gasteiger partial charge in [0.15, 0.2) is 5.82 Å². The van der Waals surface area contributed by atoms with Gasteiger partial charge in [-0.3, -0.25) is 0 Å². The lowest BCUT2D eigenvalue weighted by molar-refractivity contribution is 0.118. The van der Waals surface area contributed by atoms with E-state index in [1.54, 1.807) is 0 Å². The molecule has 1 aliphatic carbocycles.